The molecule has 0 aliphatic carbocycles. The van der Waals surface area contributed by atoms with Gasteiger partial charge in [-0.15, -0.1) is 0 Å². The quantitative estimate of drug-likeness (QED) is 0.904. The van der Waals surface area contributed by atoms with Gasteiger partial charge in [-0.05, 0) is 30.8 Å². The van der Waals surface area contributed by atoms with E-state index in [0.717, 1.165) is 38.7 Å². The van der Waals surface area contributed by atoms with E-state index in [0.29, 0.717) is 6.54 Å². The summed E-state index contributed by atoms with van der Waals surface area (Å²) in [5.74, 6) is 0.830. The number of hydrogen-bond donors (Lipinski definition) is 1. The molecule has 0 unspecified atom stereocenters. The molecule has 2 rings (SSSR count). The molecule has 0 radical (unpaired) electrons. The number of nitrogens with zero attached hydrogens (tertiary/aromatic N) is 2. The fraction of sp³-hybridized carbons (Fsp3) is 0.333. The molecular weight excluding hydrogens is 330 g/mol. The maximum Gasteiger partial charge on any atom is 0.322 e. The van der Waals surface area contributed by atoms with Gasteiger partial charge < -0.3 is 4.74 Å². The molecule has 102 valence electrons. The van der Waals surface area contributed by atoms with Crippen LogP contribution >= 0.6 is 27.3 Å². The minimum atomic E-state index is -0.119. The number of aromatic amines is 1. The molecule has 0 aliphatic heterocycles. The first kappa shape index (κ1) is 14.2. The van der Waals surface area contributed by atoms with E-state index in [1.54, 1.807) is 7.11 Å². The molecule has 1 N–H and O–H groups in total. The molecule has 0 bridgehead atoms. The molecule has 1 aromatic carbocycles. The lowest BCUT2D eigenvalue weighted by Crippen LogP contribution is -2.17. The van der Waals surface area contributed by atoms with Crippen LogP contribution in [0.4, 0.5) is 0 Å². The first-order chi connectivity index (χ1) is 9.08. The summed E-state index contributed by atoms with van der Waals surface area (Å²) in [6, 6.07) is 5.87. The van der Waals surface area contributed by atoms with Gasteiger partial charge in [-0.3, -0.25) is 9.69 Å². The second-order valence-electron chi connectivity index (χ2n) is 4.14. The Labute approximate surface area is 123 Å². The highest BCUT2D eigenvalue weighted by molar-refractivity contribution is 9.10. The van der Waals surface area contributed by atoms with E-state index in [9.17, 15) is 4.79 Å². The van der Waals surface area contributed by atoms with Gasteiger partial charge in [0.2, 0.25) is 0 Å². The van der Waals surface area contributed by atoms with Gasteiger partial charge in [-0.1, -0.05) is 27.3 Å². The zero-order valence-electron chi connectivity index (χ0n) is 10.6. The molecule has 19 heavy (non-hydrogen) atoms. The summed E-state index contributed by atoms with van der Waals surface area (Å²) >= 11 is 4.66. The molecule has 1 heterocycles. The number of halogens is 1. The fourth-order valence-corrected chi connectivity index (χ4v) is 2.76. The smallest absolute Gasteiger partial charge is 0.322 e. The van der Waals surface area contributed by atoms with Crippen LogP contribution in [0.25, 0.3) is 0 Å². The Morgan fingerprint density at radius 3 is 2.89 bits per heavy atom. The van der Waals surface area contributed by atoms with Gasteiger partial charge >= 0.3 is 4.87 Å². The van der Waals surface area contributed by atoms with E-state index in [1.807, 2.05) is 25.2 Å². The van der Waals surface area contributed by atoms with Gasteiger partial charge in [-0.2, -0.15) is 5.10 Å². The predicted octanol–water partition coefficient (Wildman–Crippen LogP) is 2.23. The lowest BCUT2D eigenvalue weighted by atomic mass is 10.2. The van der Waals surface area contributed by atoms with Crippen molar-refractivity contribution in [3.05, 3.63) is 42.9 Å². The topological polar surface area (TPSA) is 58.2 Å². The summed E-state index contributed by atoms with van der Waals surface area (Å²) in [4.78, 5) is 13.0. The van der Waals surface area contributed by atoms with Crippen molar-refractivity contribution in [2.75, 3.05) is 14.2 Å². The summed E-state index contributed by atoms with van der Waals surface area (Å²) in [6.45, 7) is 1.37. The lowest BCUT2D eigenvalue weighted by molar-refractivity contribution is 0.316. The van der Waals surface area contributed by atoms with Crippen LogP contribution in [0.5, 0.6) is 5.75 Å². The predicted molar refractivity (Wildman–Crippen MR) is 78.6 cm³/mol. The highest BCUT2D eigenvalue weighted by Crippen LogP contribution is 2.23. The van der Waals surface area contributed by atoms with E-state index in [1.165, 1.54) is 0 Å². The van der Waals surface area contributed by atoms with Crippen LogP contribution in [0.2, 0.25) is 0 Å². The average Bonchev–Trinajstić information content (AvgIpc) is 2.77. The summed E-state index contributed by atoms with van der Waals surface area (Å²) in [5.41, 5.74) is 1.13. The Bertz CT molecular complexity index is 611. The molecule has 5 nitrogen and oxygen atoms in total. The lowest BCUT2D eigenvalue weighted by Gasteiger charge is -2.16. The standard InChI is InChI=1S/C12H14BrN3O2S/c1-16(7-11-14-15-12(17)19-11)6-8-5-9(18-2)3-4-10(8)13/h3-5H,6-7H2,1-2H3,(H,15,17). The molecule has 1 aromatic heterocycles. The van der Waals surface area contributed by atoms with E-state index in [2.05, 4.69) is 31.0 Å². The number of H-pyrrole nitrogens is 1. The van der Waals surface area contributed by atoms with E-state index in [-0.39, 0.29) is 4.87 Å². The molecular formula is C12H14BrN3O2S. The Morgan fingerprint density at radius 1 is 1.47 bits per heavy atom. The maximum atomic E-state index is 11.0. The minimum Gasteiger partial charge on any atom is -0.497 e. The van der Waals surface area contributed by atoms with Crippen LogP contribution in [0, 0.1) is 0 Å². The van der Waals surface area contributed by atoms with Crippen molar-refractivity contribution in [3.63, 3.8) is 0 Å². The van der Waals surface area contributed by atoms with Gasteiger partial charge in [0.05, 0.1) is 13.7 Å². The first-order valence-electron chi connectivity index (χ1n) is 5.64. The Balaban J connectivity index is 2.05. The number of nitrogens with one attached hydrogen (secondary N) is 1. The Hall–Kier alpha value is -1.18. The van der Waals surface area contributed by atoms with Crippen molar-refractivity contribution in [3.8, 4) is 5.75 Å². The van der Waals surface area contributed by atoms with Crippen LogP contribution in [-0.4, -0.2) is 29.3 Å². The highest BCUT2D eigenvalue weighted by Gasteiger charge is 2.08. The van der Waals surface area contributed by atoms with Crippen molar-refractivity contribution >= 4 is 27.3 Å². The van der Waals surface area contributed by atoms with Crippen LogP contribution in [0.15, 0.2) is 27.5 Å². The van der Waals surface area contributed by atoms with Gasteiger partial charge in [0.1, 0.15) is 10.8 Å². The highest BCUT2D eigenvalue weighted by atomic mass is 79.9. The van der Waals surface area contributed by atoms with Gasteiger partial charge in [0.25, 0.3) is 0 Å². The zero-order chi connectivity index (χ0) is 13.8. The average molecular weight is 344 g/mol. The SMILES string of the molecule is COc1ccc(Br)c(CN(C)Cc2n[nH]c(=O)s2)c1. The molecule has 0 saturated carbocycles. The number of rotatable bonds is 5. The maximum absolute atomic E-state index is 11.0. The monoisotopic (exact) mass is 343 g/mol. The summed E-state index contributed by atoms with van der Waals surface area (Å²) < 4.78 is 6.25. The third-order valence-corrected chi connectivity index (χ3v) is 4.09. The molecule has 0 saturated heterocycles. The second-order valence-corrected chi connectivity index (χ2v) is 6.04. The molecule has 0 amide bonds. The van der Waals surface area contributed by atoms with E-state index >= 15 is 0 Å². The summed E-state index contributed by atoms with van der Waals surface area (Å²) in [6.07, 6.45) is 0. The summed E-state index contributed by atoms with van der Waals surface area (Å²) in [5, 5.41) is 7.16. The van der Waals surface area contributed by atoms with Crippen LogP contribution in [0.1, 0.15) is 10.6 Å². The third kappa shape index (κ3) is 3.89. The first-order valence-corrected chi connectivity index (χ1v) is 7.25. The largest absolute Gasteiger partial charge is 0.497 e. The van der Waals surface area contributed by atoms with Crippen LogP contribution < -0.4 is 9.61 Å². The van der Waals surface area contributed by atoms with E-state index in [4.69, 9.17) is 4.74 Å². The van der Waals surface area contributed by atoms with E-state index < -0.39 is 0 Å². The van der Waals surface area contributed by atoms with Crippen molar-refractivity contribution in [1.82, 2.24) is 15.1 Å². The van der Waals surface area contributed by atoms with Crippen LogP contribution in [-0.2, 0) is 13.1 Å². The molecule has 0 atom stereocenters. The second kappa shape index (κ2) is 6.31. The normalized spacial score (nSPS) is 10.9. The van der Waals surface area contributed by atoms with Gasteiger partial charge in [0, 0.05) is 11.0 Å². The fourth-order valence-electron chi connectivity index (χ4n) is 1.71. The number of methoxy groups -OCH3 is 1. The summed E-state index contributed by atoms with van der Waals surface area (Å²) in [7, 11) is 3.63. The number of ether oxygens (including phenoxy) is 1. The van der Waals surface area contributed by atoms with Crippen molar-refractivity contribution < 1.29 is 4.74 Å². The third-order valence-electron chi connectivity index (χ3n) is 2.58. The molecule has 7 heteroatoms. The Morgan fingerprint density at radius 2 is 2.26 bits per heavy atom. The molecule has 0 aliphatic rings. The van der Waals surface area contributed by atoms with Crippen molar-refractivity contribution in [2.45, 2.75) is 13.1 Å². The van der Waals surface area contributed by atoms with Crippen molar-refractivity contribution in [1.29, 1.82) is 0 Å². The molecule has 0 fully saturated rings. The number of hydrogen-bond acceptors (Lipinski definition) is 5. The van der Waals surface area contributed by atoms with Crippen molar-refractivity contribution in [2.24, 2.45) is 0 Å². The van der Waals surface area contributed by atoms with Gasteiger partial charge in [0.15, 0.2) is 0 Å². The molecule has 0 spiro atoms. The zero-order valence-corrected chi connectivity index (χ0v) is 13.0. The number of aromatic nitrogens is 2. The Kier molecular flexibility index (Phi) is 4.73. The number of benzene rings is 1. The minimum absolute atomic E-state index is 0.119. The van der Waals surface area contributed by atoms with Crippen LogP contribution in [0.3, 0.4) is 0 Å². The van der Waals surface area contributed by atoms with Gasteiger partial charge in [-0.25, -0.2) is 5.10 Å². The molecule has 2 aromatic rings.